The van der Waals surface area contributed by atoms with Gasteiger partial charge in [-0.05, 0) is 76.9 Å². The molecule has 4 aliphatic carbocycles. The van der Waals surface area contributed by atoms with E-state index in [1.165, 1.54) is 0 Å². The zero-order valence-electron chi connectivity index (χ0n) is 19.8. The van der Waals surface area contributed by atoms with E-state index in [1.54, 1.807) is 32.9 Å². The highest BCUT2D eigenvalue weighted by Crippen LogP contribution is 2.67. The molecule has 6 nitrogen and oxygen atoms in total. The Bertz CT molecular complexity index is 910. The van der Waals surface area contributed by atoms with Gasteiger partial charge in [0.15, 0.2) is 12.4 Å². The second kappa shape index (κ2) is 7.36. The lowest BCUT2D eigenvalue weighted by Crippen LogP contribution is -2.61. The number of allylic oxidation sites excluding steroid dienone is 4. The smallest absolute Gasteiger partial charge is 0.311 e. The fourth-order valence-corrected chi connectivity index (χ4v) is 7.26. The van der Waals surface area contributed by atoms with Gasteiger partial charge in [-0.3, -0.25) is 14.4 Å². The van der Waals surface area contributed by atoms with Gasteiger partial charge in [0.25, 0.3) is 0 Å². The Labute approximate surface area is 190 Å². The number of ketones is 2. The molecule has 32 heavy (non-hydrogen) atoms. The summed E-state index contributed by atoms with van der Waals surface area (Å²) < 4.78 is 5.24. The van der Waals surface area contributed by atoms with E-state index >= 15 is 0 Å². The van der Waals surface area contributed by atoms with Crippen molar-refractivity contribution < 1.29 is 29.3 Å². The number of hydrogen-bond acceptors (Lipinski definition) is 6. The first kappa shape index (κ1) is 23.4. The monoisotopic (exact) mass is 444 g/mol. The third-order valence-electron chi connectivity index (χ3n) is 9.06. The fourth-order valence-electron chi connectivity index (χ4n) is 7.26. The average molecular weight is 445 g/mol. The first-order valence-electron chi connectivity index (χ1n) is 11.8. The normalized spacial score (nSPS) is 43.1. The number of hydrogen-bond donors (Lipinski definition) is 2. The Morgan fingerprint density at radius 2 is 1.91 bits per heavy atom. The standard InChI is InChI=1S/C26H36O6/c1-23(2,3)22(30)32-14-20(29)26(31)11-9-18-17-7-6-15-12-16(27)8-10-24(15,4)21(17)19(28)13-25(18,26)5/h8,10,12,17-19,21,28,31H,6-7,9,11,13-14H2,1-5H3/t17-,18-,19+,21-,24-,25-,26-/m0/s1. The maximum Gasteiger partial charge on any atom is 0.311 e. The highest BCUT2D eigenvalue weighted by atomic mass is 16.5. The maximum absolute atomic E-state index is 13.2. The highest BCUT2D eigenvalue weighted by Gasteiger charge is 2.68. The minimum atomic E-state index is -1.63. The van der Waals surface area contributed by atoms with E-state index in [2.05, 4.69) is 6.92 Å². The number of ether oxygens (including phenoxy) is 1. The Morgan fingerprint density at radius 1 is 1.22 bits per heavy atom. The number of aliphatic hydroxyl groups is 2. The van der Waals surface area contributed by atoms with Gasteiger partial charge in [0.2, 0.25) is 5.78 Å². The van der Waals surface area contributed by atoms with Gasteiger partial charge in [-0.2, -0.15) is 0 Å². The molecule has 4 aliphatic rings. The van der Waals surface area contributed by atoms with Crippen LogP contribution in [0.15, 0.2) is 23.8 Å². The largest absolute Gasteiger partial charge is 0.457 e. The van der Waals surface area contributed by atoms with Crippen molar-refractivity contribution in [1.82, 2.24) is 0 Å². The molecule has 0 aromatic heterocycles. The maximum atomic E-state index is 13.2. The summed E-state index contributed by atoms with van der Waals surface area (Å²) in [6.45, 7) is 8.73. The van der Waals surface area contributed by atoms with Crippen LogP contribution in [0.3, 0.4) is 0 Å². The van der Waals surface area contributed by atoms with Crippen molar-refractivity contribution in [1.29, 1.82) is 0 Å². The summed E-state index contributed by atoms with van der Waals surface area (Å²) in [6.07, 6.45) is 7.48. The van der Waals surface area contributed by atoms with Gasteiger partial charge in [0.1, 0.15) is 5.60 Å². The van der Waals surface area contributed by atoms with Crippen molar-refractivity contribution >= 4 is 17.5 Å². The van der Waals surface area contributed by atoms with Gasteiger partial charge in [0.05, 0.1) is 11.5 Å². The van der Waals surface area contributed by atoms with Gasteiger partial charge in [0, 0.05) is 16.7 Å². The van der Waals surface area contributed by atoms with Gasteiger partial charge < -0.3 is 14.9 Å². The summed E-state index contributed by atoms with van der Waals surface area (Å²) in [5, 5.41) is 23.0. The predicted octanol–water partition coefficient (Wildman–Crippen LogP) is 3.15. The molecule has 0 aromatic rings. The zero-order chi connectivity index (χ0) is 23.7. The molecule has 2 N–H and O–H groups in total. The number of fused-ring (bicyclic) bond motifs is 5. The quantitative estimate of drug-likeness (QED) is 0.649. The summed E-state index contributed by atoms with van der Waals surface area (Å²) in [5.74, 6) is -0.791. The van der Waals surface area contributed by atoms with E-state index in [4.69, 9.17) is 4.74 Å². The Balaban J connectivity index is 1.60. The van der Waals surface area contributed by atoms with Crippen LogP contribution >= 0.6 is 0 Å². The number of aliphatic hydroxyl groups excluding tert-OH is 1. The Morgan fingerprint density at radius 3 is 2.56 bits per heavy atom. The van der Waals surface area contributed by atoms with Crippen LogP contribution in [0.1, 0.15) is 66.7 Å². The summed E-state index contributed by atoms with van der Waals surface area (Å²) in [7, 11) is 0. The lowest BCUT2D eigenvalue weighted by Gasteiger charge is -2.59. The van der Waals surface area contributed by atoms with E-state index in [0.29, 0.717) is 19.3 Å². The number of rotatable bonds is 3. The molecule has 3 saturated carbocycles. The van der Waals surface area contributed by atoms with Crippen molar-refractivity contribution in [2.24, 2.45) is 34.0 Å². The molecule has 0 saturated heterocycles. The van der Waals surface area contributed by atoms with E-state index in [-0.39, 0.29) is 29.0 Å². The summed E-state index contributed by atoms with van der Waals surface area (Å²) in [6, 6.07) is 0. The van der Waals surface area contributed by atoms with E-state index in [0.717, 1.165) is 18.4 Å². The third kappa shape index (κ3) is 3.25. The molecule has 176 valence electrons. The van der Waals surface area contributed by atoms with Gasteiger partial charge in [-0.1, -0.05) is 25.5 Å². The topological polar surface area (TPSA) is 101 Å². The van der Waals surface area contributed by atoms with Crippen LogP contribution in [0.2, 0.25) is 0 Å². The number of esters is 1. The van der Waals surface area contributed by atoms with Crippen molar-refractivity contribution in [3.63, 3.8) is 0 Å². The summed E-state index contributed by atoms with van der Waals surface area (Å²) in [4.78, 5) is 37.3. The van der Waals surface area contributed by atoms with Gasteiger partial charge >= 0.3 is 5.97 Å². The van der Waals surface area contributed by atoms with E-state index in [1.807, 2.05) is 13.0 Å². The molecule has 6 heteroatoms. The first-order valence-corrected chi connectivity index (χ1v) is 11.8. The molecule has 0 heterocycles. The van der Waals surface area contributed by atoms with Crippen molar-refractivity contribution in [3.8, 4) is 0 Å². The SMILES string of the molecule is CC(C)(C)C(=O)OCC(=O)[C@@]1(O)CC[C@H]2[C@@H]3CCC4=CC(=O)C=C[C@]4(C)[C@@H]3[C@H](O)C[C@@]21C. The molecule has 4 rings (SSSR count). The van der Waals surface area contributed by atoms with Gasteiger partial charge in [-0.15, -0.1) is 0 Å². The van der Waals surface area contributed by atoms with Gasteiger partial charge in [-0.25, -0.2) is 0 Å². The highest BCUT2D eigenvalue weighted by molar-refractivity contribution is 6.01. The first-order chi connectivity index (χ1) is 14.7. The van der Waals surface area contributed by atoms with Crippen LogP contribution in [0, 0.1) is 34.0 Å². The second-order valence-corrected chi connectivity index (χ2v) is 11.9. The molecule has 0 aromatic carbocycles. The van der Waals surface area contributed by atoms with Crippen molar-refractivity contribution in [2.75, 3.05) is 6.61 Å². The average Bonchev–Trinajstić information content (AvgIpc) is 2.97. The van der Waals surface area contributed by atoms with Crippen LogP contribution in [-0.4, -0.2) is 46.1 Å². The van der Waals surface area contributed by atoms with Crippen LogP contribution < -0.4 is 0 Å². The fraction of sp³-hybridized carbons (Fsp3) is 0.731. The molecule has 7 atom stereocenters. The van der Waals surface area contributed by atoms with Crippen LogP contribution in [0.4, 0.5) is 0 Å². The molecule has 3 fully saturated rings. The number of Topliss-reactive ketones (excluding diaryl/α,β-unsaturated/α-hetero) is 1. The molecule has 0 aliphatic heterocycles. The lowest BCUT2D eigenvalue weighted by atomic mass is 9.46. The number of carbonyl (C=O) groups is 3. The van der Waals surface area contributed by atoms with Crippen LogP contribution in [0.5, 0.6) is 0 Å². The van der Waals surface area contributed by atoms with E-state index in [9.17, 15) is 24.6 Å². The Kier molecular flexibility index (Phi) is 5.37. The lowest BCUT2D eigenvalue weighted by molar-refractivity contribution is -0.182. The van der Waals surface area contributed by atoms with Crippen molar-refractivity contribution in [3.05, 3.63) is 23.8 Å². The Hall–Kier alpha value is -1.79. The molecule has 0 amide bonds. The molecule has 0 spiro atoms. The van der Waals surface area contributed by atoms with Crippen LogP contribution in [0.25, 0.3) is 0 Å². The molecule has 0 radical (unpaired) electrons. The predicted molar refractivity (Wildman–Crippen MR) is 118 cm³/mol. The minimum absolute atomic E-state index is 0.00305. The second-order valence-electron chi connectivity index (χ2n) is 11.9. The number of carbonyl (C=O) groups excluding carboxylic acids is 3. The molecule has 0 unspecified atom stereocenters. The molecule has 0 bridgehead atoms. The molecular formula is C26H36O6. The summed E-state index contributed by atoms with van der Waals surface area (Å²) >= 11 is 0. The summed E-state index contributed by atoms with van der Waals surface area (Å²) in [5.41, 5.74) is -2.45. The third-order valence-corrected chi connectivity index (χ3v) is 9.06. The van der Waals surface area contributed by atoms with Crippen LogP contribution in [-0.2, 0) is 19.1 Å². The zero-order valence-corrected chi connectivity index (χ0v) is 19.8. The van der Waals surface area contributed by atoms with E-state index < -0.39 is 40.9 Å². The van der Waals surface area contributed by atoms with Crippen molar-refractivity contribution in [2.45, 2.75) is 78.4 Å². The molecular weight excluding hydrogens is 408 g/mol. The minimum Gasteiger partial charge on any atom is -0.457 e.